The van der Waals surface area contributed by atoms with Gasteiger partial charge in [0.15, 0.2) is 17.5 Å². The summed E-state index contributed by atoms with van der Waals surface area (Å²) in [6, 6.07) is 0. The van der Waals surface area contributed by atoms with Crippen LogP contribution in [0.4, 0.5) is 10.5 Å². The zero-order chi connectivity index (χ0) is 16.9. The highest BCUT2D eigenvalue weighted by atomic mass is 35.5. The Bertz CT molecular complexity index is 623. The SMILES string of the molecule is CCOC(=O)NC(=O)COC(=O)c1nc(Cl)c(Cl)c(N)c1Cl. The van der Waals surface area contributed by atoms with Crippen molar-refractivity contribution in [3.05, 3.63) is 20.9 Å². The minimum absolute atomic E-state index is 0.0843. The third-order valence-electron chi connectivity index (χ3n) is 2.12. The first kappa shape index (κ1) is 18.3. The largest absolute Gasteiger partial charge is 0.451 e. The van der Waals surface area contributed by atoms with Crippen LogP contribution in [0.5, 0.6) is 0 Å². The van der Waals surface area contributed by atoms with Gasteiger partial charge >= 0.3 is 12.1 Å². The molecule has 0 unspecified atom stereocenters. The maximum Gasteiger partial charge on any atom is 0.413 e. The van der Waals surface area contributed by atoms with Crippen molar-refractivity contribution in [3.8, 4) is 0 Å². The number of halogens is 3. The molecule has 1 heterocycles. The Kier molecular flexibility index (Phi) is 6.66. The van der Waals surface area contributed by atoms with Crippen LogP contribution < -0.4 is 11.1 Å². The fourth-order valence-electron chi connectivity index (χ4n) is 1.18. The first-order valence-electron chi connectivity index (χ1n) is 5.71. The number of amides is 2. The molecule has 22 heavy (non-hydrogen) atoms. The van der Waals surface area contributed by atoms with Crippen LogP contribution in [0.1, 0.15) is 17.4 Å². The minimum Gasteiger partial charge on any atom is -0.451 e. The Morgan fingerprint density at radius 3 is 2.41 bits per heavy atom. The summed E-state index contributed by atoms with van der Waals surface area (Å²) in [6.07, 6.45) is -0.960. The van der Waals surface area contributed by atoms with Gasteiger partial charge in [0.05, 0.1) is 17.3 Å². The monoisotopic (exact) mass is 369 g/mol. The molecule has 0 aliphatic carbocycles. The molecule has 0 bridgehead atoms. The number of aromatic nitrogens is 1. The second kappa shape index (κ2) is 8.02. The van der Waals surface area contributed by atoms with Crippen molar-refractivity contribution < 1.29 is 23.9 Å². The molecule has 0 fully saturated rings. The second-order valence-corrected chi connectivity index (χ2v) is 4.75. The average molecular weight is 371 g/mol. The Morgan fingerprint density at radius 2 is 1.82 bits per heavy atom. The number of nitrogen functional groups attached to an aromatic ring is 1. The van der Waals surface area contributed by atoms with Crippen molar-refractivity contribution in [2.24, 2.45) is 0 Å². The van der Waals surface area contributed by atoms with Gasteiger partial charge in [-0.2, -0.15) is 0 Å². The molecule has 8 nitrogen and oxygen atoms in total. The lowest BCUT2D eigenvalue weighted by molar-refractivity contribution is -0.123. The van der Waals surface area contributed by atoms with E-state index in [9.17, 15) is 14.4 Å². The van der Waals surface area contributed by atoms with Crippen LogP contribution in [0, 0.1) is 0 Å². The Hall–Kier alpha value is -1.77. The molecule has 0 saturated carbocycles. The van der Waals surface area contributed by atoms with E-state index in [1.165, 1.54) is 0 Å². The van der Waals surface area contributed by atoms with Crippen molar-refractivity contribution in [1.29, 1.82) is 0 Å². The van der Waals surface area contributed by atoms with Crippen LogP contribution >= 0.6 is 34.8 Å². The number of nitrogens with two attached hydrogens (primary N) is 1. The van der Waals surface area contributed by atoms with E-state index in [0.29, 0.717) is 0 Å². The topological polar surface area (TPSA) is 121 Å². The highest BCUT2D eigenvalue weighted by Crippen LogP contribution is 2.34. The summed E-state index contributed by atoms with van der Waals surface area (Å²) in [5.41, 5.74) is 4.99. The average Bonchev–Trinajstić information content (AvgIpc) is 2.46. The van der Waals surface area contributed by atoms with Crippen LogP contribution in [-0.2, 0) is 14.3 Å². The van der Waals surface area contributed by atoms with Crippen LogP contribution in [-0.4, -0.2) is 36.2 Å². The number of imide groups is 1. The molecule has 11 heteroatoms. The molecule has 1 rings (SSSR count). The normalized spacial score (nSPS) is 10.0. The molecule has 0 aromatic carbocycles. The van der Waals surface area contributed by atoms with Gasteiger partial charge in [0.1, 0.15) is 5.02 Å². The van der Waals surface area contributed by atoms with E-state index in [2.05, 4.69) is 14.5 Å². The third kappa shape index (κ3) is 4.62. The molecule has 0 saturated heterocycles. The van der Waals surface area contributed by atoms with E-state index < -0.39 is 30.3 Å². The van der Waals surface area contributed by atoms with Gasteiger partial charge in [-0.1, -0.05) is 34.8 Å². The highest BCUT2D eigenvalue weighted by Gasteiger charge is 2.22. The quantitative estimate of drug-likeness (QED) is 0.614. The van der Waals surface area contributed by atoms with Crippen LogP contribution in [0.15, 0.2) is 0 Å². The number of carbonyl (C=O) groups is 3. The van der Waals surface area contributed by atoms with E-state index in [4.69, 9.17) is 40.5 Å². The molecule has 1 aromatic heterocycles. The molecule has 2 amide bonds. The predicted octanol–water partition coefficient (Wildman–Crippen LogP) is 2.05. The number of nitrogens with zero attached hydrogens (tertiary/aromatic N) is 1. The van der Waals surface area contributed by atoms with Gasteiger partial charge in [0.25, 0.3) is 5.91 Å². The Balaban J connectivity index is 2.71. The van der Waals surface area contributed by atoms with Crippen molar-refractivity contribution in [1.82, 2.24) is 10.3 Å². The molecule has 0 radical (unpaired) electrons. The molecule has 0 aliphatic rings. The lowest BCUT2D eigenvalue weighted by atomic mass is 10.3. The van der Waals surface area contributed by atoms with Crippen LogP contribution in [0.3, 0.4) is 0 Å². The summed E-state index contributed by atoms with van der Waals surface area (Å²) >= 11 is 17.2. The summed E-state index contributed by atoms with van der Waals surface area (Å²) in [6.45, 7) is 0.892. The van der Waals surface area contributed by atoms with E-state index >= 15 is 0 Å². The van der Waals surface area contributed by atoms with Gasteiger partial charge in [-0.05, 0) is 6.92 Å². The minimum atomic E-state index is -1.06. The van der Waals surface area contributed by atoms with Crippen molar-refractivity contribution in [2.75, 3.05) is 18.9 Å². The fraction of sp³-hybridized carbons (Fsp3) is 0.273. The Labute approximate surface area is 139 Å². The molecule has 0 spiro atoms. The molecule has 0 atom stereocenters. The van der Waals surface area contributed by atoms with Crippen molar-refractivity contribution in [3.63, 3.8) is 0 Å². The van der Waals surface area contributed by atoms with Gasteiger partial charge < -0.3 is 15.2 Å². The number of rotatable bonds is 4. The van der Waals surface area contributed by atoms with Crippen LogP contribution in [0.2, 0.25) is 15.2 Å². The molecule has 0 aliphatic heterocycles. The number of ether oxygens (including phenoxy) is 2. The lowest BCUT2D eigenvalue weighted by Gasteiger charge is -2.09. The van der Waals surface area contributed by atoms with E-state index in [1.54, 1.807) is 6.92 Å². The molecule has 3 N–H and O–H groups in total. The van der Waals surface area contributed by atoms with Gasteiger partial charge in [-0.15, -0.1) is 0 Å². The first-order valence-corrected chi connectivity index (χ1v) is 6.85. The number of esters is 1. The van der Waals surface area contributed by atoms with Gasteiger partial charge in [0.2, 0.25) is 0 Å². The van der Waals surface area contributed by atoms with Gasteiger partial charge in [-0.3, -0.25) is 10.1 Å². The summed E-state index contributed by atoms with van der Waals surface area (Å²) in [4.78, 5) is 37.7. The van der Waals surface area contributed by atoms with Crippen molar-refractivity contribution >= 4 is 58.5 Å². The van der Waals surface area contributed by atoms with Gasteiger partial charge in [-0.25, -0.2) is 14.6 Å². The first-order chi connectivity index (χ1) is 10.3. The van der Waals surface area contributed by atoms with E-state index in [-0.39, 0.29) is 27.5 Å². The zero-order valence-corrected chi connectivity index (χ0v) is 13.4. The number of anilines is 1. The summed E-state index contributed by atoms with van der Waals surface area (Å²) < 4.78 is 9.11. The van der Waals surface area contributed by atoms with E-state index in [1.807, 2.05) is 5.32 Å². The van der Waals surface area contributed by atoms with Gasteiger partial charge in [0, 0.05) is 0 Å². The smallest absolute Gasteiger partial charge is 0.413 e. The predicted molar refractivity (Wildman–Crippen MR) is 79.1 cm³/mol. The number of hydrogen-bond acceptors (Lipinski definition) is 7. The van der Waals surface area contributed by atoms with Crippen molar-refractivity contribution in [2.45, 2.75) is 6.92 Å². The summed E-state index contributed by atoms with van der Waals surface area (Å²) in [5, 5.41) is 1.22. The summed E-state index contributed by atoms with van der Waals surface area (Å²) in [5.74, 6) is -1.95. The van der Waals surface area contributed by atoms with E-state index in [0.717, 1.165) is 0 Å². The molecule has 1 aromatic rings. The number of carbonyl (C=O) groups excluding carboxylic acids is 3. The number of pyridine rings is 1. The van der Waals surface area contributed by atoms with Crippen LogP contribution in [0.25, 0.3) is 0 Å². The molecular formula is C11H10Cl3N3O5. The Morgan fingerprint density at radius 1 is 1.18 bits per heavy atom. The highest BCUT2D eigenvalue weighted by molar-refractivity contribution is 6.46. The fourth-order valence-corrected chi connectivity index (χ4v) is 1.77. The lowest BCUT2D eigenvalue weighted by Crippen LogP contribution is -2.34. The number of alkyl carbamates (subject to hydrolysis) is 1. The third-order valence-corrected chi connectivity index (χ3v) is 3.25. The number of hydrogen-bond donors (Lipinski definition) is 2. The second-order valence-electron chi connectivity index (χ2n) is 3.64. The summed E-state index contributed by atoms with van der Waals surface area (Å²) in [7, 11) is 0. The maximum absolute atomic E-state index is 11.8. The standard InChI is InChI=1S/C11H10Cl3N3O5/c1-2-21-11(20)16-4(18)3-22-10(19)8-5(12)7(15)6(13)9(14)17-8/h2-3H2,1H3,(H2,15,17)(H,16,18,20). The number of nitrogens with one attached hydrogen (secondary N) is 1. The molecular weight excluding hydrogens is 360 g/mol. The maximum atomic E-state index is 11.8. The zero-order valence-electron chi connectivity index (χ0n) is 11.1. The molecule has 120 valence electrons.